The summed E-state index contributed by atoms with van der Waals surface area (Å²) in [5, 5.41) is 3.08. The number of benzene rings is 1. The van der Waals surface area contributed by atoms with Crippen molar-refractivity contribution in [2.75, 3.05) is 42.9 Å². The first-order valence-electron chi connectivity index (χ1n) is 9.71. The molecule has 0 saturated carbocycles. The molecule has 0 aliphatic carbocycles. The number of rotatable bonds is 4. The van der Waals surface area contributed by atoms with Crippen LogP contribution < -0.4 is 15.9 Å². The monoisotopic (exact) mass is 434 g/mol. The van der Waals surface area contributed by atoms with Crippen LogP contribution in [0.1, 0.15) is 5.56 Å². The van der Waals surface area contributed by atoms with Crippen molar-refractivity contribution in [3.63, 3.8) is 0 Å². The number of hydrogen-bond donors (Lipinski definition) is 2. The molecule has 0 bridgehead atoms. The van der Waals surface area contributed by atoms with Crippen LogP contribution in [0.3, 0.4) is 0 Å². The van der Waals surface area contributed by atoms with Crippen molar-refractivity contribution in [2.24, 2.45) is 7.05 Å². The summed E-state index contributed by atoms with van der Waals surface area (Å²) in [6.07, 6.45) is -3.59. The van der Waals surface area contributed by atoms with E-state index in [2.05, 4.69) is 15.3 Å². The number of piperazine rings is 1. The number of pyridine rings is 1. The molecule has 1 amide bonds. The van der Waals surface area contributed by atoms with E-state index in [-0.39, 0.29) is 18.1 Å². The molecule has 11 heteroatoms. The zero-order valence-corrected chi connectivity index (χ0v) is 16.7. The van der Waals surface area contributed by atoms with E-state index in [9.17, 15) is 22.8 Å². The number of anilines is 2. The highest BCUT2D eigenvalue weighted by Gasteiger charge is 2.31. The second-order valence-corrected chi connectivity index (χ2v) is 7.35. The molecule has 1 aliphatic heterocycles. The van der Waals surface area contributed by atoms with Crippen molar-refractivity contribution in [1.29, 1.82) is 0 Å². The summed E-state index contributed by atoms with van der Waals surface area (Å²) < 4.78 is 39.5. The molecule has 2 aromatic heterocycles. The number of carbonyl (C=O) groups excluding carboxylic acids is 1. The van der Waals surface area contributed by atoms with Crippen LogP contribution in [0.2, 0.25) is 0 Å². The fourth-order valence-electron chi connectivity index (χ4n) is 3.55. The van der Waals surface area contributed by atoms with Gasteiger partial charge in [-0.05, 0) is 30.3 Å². The van der Waals surface area contributed by atoms with Gasteiger partial charge >= 0.3 is 11.9 Å². The molecule has 2 N–H and O–H groups in total. The highest BCUT2D eigenvalue weighted by molar-refractivity contribution is 5.83. The first-order valence-corrected chi connectivity index (χ1v) is 9.71. The molecule has 0 unspecified atom stereocenters. The van der Waals surface area contributed by atoms with Crippen LogP contribution in [-0.4, -0.2) is 58.1 Å². The number of halogens is 3. The smallest absolute Gasteiger partial charge is 0.376 e. The third-order valence-electron chi connectivity index (χ3n) is 5.38. The van der Waals surface area contributed by atoms with Crippen LogP contribution >= 0.6 is 0 Å². The summed E-state index contributed by atoms with van der Waals surface area (Å²) in [4.78, 5) is 34.4. The summed E-state index contributed by atoms with van der Waals surface area (Å²) in [6, 6.07) is 7.74. The minimum atomic E-state index is -4.41. The van der Waals surface area contributed by atoms with E-state index in [0.29, 0.717) is 32.0 Å². The normalized spacial score (nSPS) is 14.8. The Morgan fingerprint density at radius 3 is 2.55 bits per heavy atom. The maximum absolute atomic E-state index is 12.7. The lowest BCUT2D eigenvalue weighted by Crippen LogP contribution is -2.50. The van der Waals surface area contributed by atoms with Gasteiger partial charge in [0.1, 0.15) is 5.82 Å². The highest BCUT2D eigenvalue weighted by atomic mass is 19.4. The van der Waals surface area contributed by atoms with Gasteiger partial charge in [-0.3, -0.25) is 9.36 Å². The number of nitrogens with zero attached hydrogens (tertiary/aromatic N) is 4. The van der Waals surface area contributed by atoms with E-state index >= 15 is 0 Å². The van der Waals surface area contributed by atoms with Gasteiger partial charge < -0.3 is 20.1 Å². The second kappa shape index (κ2) is 7.97. The molecule has 1 aromatic carbocycles. The number of aromatic nitrogens is 3. The fourth-order valence-corrected chi connectivity index (χ4v) is 3.55. The molecule has 8 nitrogen and oxygen atoms in total. The second-order valence-electron chi connectivity index (χ2n) is 7.35. The van der Waals surface area contributed by atoms with Crippen molar-refractivity contribution in [3.05, 3.63) is 52.6 Å². The van der Waals surface area contributed by atoms with Gasteiger partial charge in [0.05, 0.1) is 23.1 Å². The molecular formula is C20H21F3N6O2. The van der Waals surface area contributed by atoms with Gasteiger partial charge in [-0.25, -0.2) is 9.78 Å². The predicted octanol–water partition coefficient (Wildman–Crippen LogP) is 2.04. The maximum atomic E-state index is 12.7. The quantitative estimate of drug-likeness (QED) is 0.657. The molecule has 4 rings (SSSR count). The minimum absolute atomic E-state index is 0.0805. The van der Waals surface area contributed by atoms with Crippen molar-refractivity contribution in [2.45, 2.75) is 6.18 Å². The van der Waals surface area contributed by atoms with E-state index in [1.807, 2.05) is 4.90 Å². The van der Waals surface area contributed by atoms with Gasteiger partial charge in [0.25, 0.3) is 0 Å². The number of aromatic amines is 1. The van der Waals surface area contributed by atoms with E-state index in [1.54, 1.807) is 30.1 Å². The number of imidazole rings is 1. The largest absolute Gasteiger partial charge is 0.417 e. The third kappa shape index (κ3) is 4.35. The number of fused-ring (bicyclic) bond motifs is 1. The van der Waals surface area contributed by atoms with Gasteiger partial charge in [0.2, 0.25) is 5.91 Å². The molecule has 1 aliphatic rings. The third-order valence-corrected chi connectivity index (χ3v) is 5.38. The average molecular weight is 434 g/mol. The molecule has 164 valence electrons. The molecule has 0 atom stereocenters. The first-order chi connectivity index (χ1) is 14.7. The Balaban J connectivity index is 1.31. The number of amides is 1. The van der Waals surface area contributed by atoms with Crippen molar-refractivity contribution >= 4 is 28.4 Å². The van der Waals surface area contributed by atoms with Crippen LogP contribution in [0.4, 0.5) is 24.7 Å². The summed E-state index contributed by atoms with van der Waals surface area (Å²) in [6.45, 7) is 1.98. The lowest BCUT2D eigenvalue weighted by atomic mass is 10.2. The molecule has 1 fully saturated rings. The van der Waals surface area contributed by atoms with Crippen molar-refractivity contribution < 1.29 is 18.0 Å². The lowest BCUT2D eigenvalue weighted by Gasteiger charge is -2.35. The number of H-pyrrole nitrogens is 1. The van der Waals surface area contributed by atoms with Gasteiger partial charge in [0, 0.05) is 45.1 Å². The Kier molecular flexibility index (Phi) is 5.34. The van der Waals surface area contributed by atoms with Crippen LogP contribution in [0, 0.1) is 0 Å². The Morgan fingerprint density at radius 1 is 1.16 bits per heavy atom. The van der Waals surface area contributed by atoms with Gasteiger partial charge in [0.15, 0.2) is 0 Å². The summed E-state index contributed by atoms with van der Waals surface area (Å²) >= 11 is 0. The van der Waals surface area contributed by atoms with E-state index in [0.717, 1.165) is 29.0 Å². The number of carbonyl (C=O) groups is 1. The van der Waals surface area contributed by atoms with E-state index in [1.165, 1.54) is 10.6 Å². The summed E-state index contributed by atoms with van der Waals surface area (Å²) in [5.74, 6) is 0.381. The lowest BCUT2D eigenvalue weighted by molar-refractivity contribution is -0.137. The van der Waals surface area contributed by atoms with E-state index in [4.69, 9.17) is 0 Å². The molecule has 0 radical (unpaired) electrons. The standard InChI is InChI=1S/C20H21F3N6O2/c1-27-16-10-14(3-4-15(16)26-19(27)31)24-12-18(30)29-8-6-28(7-9-29)17-5-2-13(11-25-17)20(21,22)23/h2-5,10-11,24H,6-9,12H2,1H3,(H,26,31). The molecule has 1 saturated heterocycles. The Morgan fingerprint density at radius 2 is 1.90 bits per heavy atom. The number of alkyl halides is 3. The molecule has 31 heavy (non-hydrogen) atoms. The van der Waals surface area contributed by atoms with Crippen LogP contribution in [0.15, 0.2) is 41.3 Å². The SMILES string of the molecule is Cn1c(=O)[nH]c2ccc(NCC(=O)N3CCN(c4ccc(C(F)(F)F)cn4)CC3)cc21. The highest BCUT2D eigenvalue weighted by Crippen LogP contribution is 2.29. The summed E-state index contributed by atoms with van der Waals surface area (Å²) in [5.41, 5.74) is 1.19. The van der Waals surface area contributed by atoms with Gasteiger partial charge in [-0.1, -0.05) is 0 Å². The maximum Gasteiger partial charge on any atom is 0.417 e. The van der Waals surface area contributed by atoms with E-state index < -0.39 is 11.7 Å². The minimum Gasteiger partial charge on any atom is -0.376 e. The van der Waals surface area contributed by atoms with Crippen molar-refractivity contribution in [1.82, 2.24) is 19.4 Å². The molecular weight excluding hydrogens is 413 g/mol. The number of hydrogen-bond acceptors (Lipinski definition) is 5. The summed E-state index contributed by atoms with van der Waals surface area (Å²) in [7, 11) is 1.67. The molecule has 3 heterocycles. The first kappa shape index (κ1) is 20.8. The Hall–Kier alpha value is -3.50. The average Bonchev–Trinajstić information content (AvgIpc) is 3.05. The van der Waals surface area contributed by atoms with Crippen LogP contribution in [-0.2, 0) is 18.0 Å². The number of nitrogens with one attached hydrogen (secondary N) is 2. The molecule has 3 aromatic rings. The molecule has 0 spiro atoms. The zero-order chi connectivity index (χ0) is 22.2. The van der Waals surface area contributed by atoms with Gasteiger partial charge in [-0.2, -0.15) is 13.2 Å². The van der Waals surface area contributed by atoms with Crippen LogP contribution in [0.25, 0.3) is 11.0 Å². The van der Waals surface area contributed by atoms with Gasteiger partial charge in [-0.15, -0.1) is 0 Å². The Labute approximate surface area is 175 Å². The zero-order valence-electron chi connectivity index (χ0n) is 16.7. The Bertz CT molecular complexity index is 1140. The number of aryl methyl sites for hydroxylation is 1. The topological polar surface area (TPSA) is 86.3 Å². The fraction of sp³-hybridized carbons (Fsp3) is 0.350. The van der Waals surface area contributed by atoms with Crippen molar-refractivity contribution in [3.8, 4) is 0 Å². The van der Waals surface area contributed by atoms with Crippen LogP contribution in [0.5, 0.6) is 0 Å². The predicted molar refractivity (Wildman–Crippen MR) is 110 cm³/mol.